The molecule has 1 unspecified atom stereocenters. The molecule has 0 aliphatic carbocycles. The minimum absolute atomic E-state index is 0.257. The lowest BCUT2D eigenvalue weighted by Crippen LogP contribution is -2.26. The Labute approximate surface area is 163 Å². The molecule has 0 bridgehead atoms. The van der Waals surface area contributed by atoms with Crippen LogP contribution >= 0.6 is 27.5 Å². The average molecular weight is 441 g/mol. The fourth-order valence-electron chi connectivity index (χ4n) is 2.54. The molecule has 0 spiro atoms. The van der Waals surface area contributed by atoms with E-state index in [0.29, 0.717) is 27.3 Å². The lowest BCUT2D eigenvalue weighted by Gasteiger charge is -2.14. The van der Waals surface area contributed by atoms with Crippen LogP contribution in [0.4, 0.5) is 10.2 Å². The summed E-state index contributed by atoms with van der Waals surface area (Å²) >= 11 is 9.25. The molecule has 3 aromatic rings. The number of anilines is 1. The lowest BCUT2D eigenvalue weighted by atomic mass is 10.2. The van der Waals surface area contributed by atoms with Crippen molar-refractivity contribution < 1.29 is 9.18 Å². The van der Waals surface area contributed by atoms with Crippen LogP contribution in [-0.4, -0.2) is 25.5 Å². The van der Waals surface area contributed by atoms with Crippen LogP contribution < -0.4 is 5.32 Å². The number of aromatic nitrogens is 4. The maximum atomic E-state index is 13.8. The maximum absolute atomic E-state index is 13.8. The Hall–Kier alpha value is -2.19. The molecule has 1 N–H and O–H groups in total. The van der Waals surface area contributed by atoms with Crippen molar-refractivity contribution in [1.82, 2.24) is 19.6 Å². The molecule has 0 radical (unpaired) electrons. The van der Waals surface area contributed by atoms with Crippen LogP contribution in [-0.2, 0) is 11.3 Å². The van der Waals surface area contributed by atoms with Gasteiger partial charge in [-0.05, 0) is 28.4 Å². The largest absolute Gasteiger partial charge is 0.306 e. The van der Waals surface area contributed by atoms with E-state index in [0.717, 1.165) is 0 Å². The van der Waals surface area contributed by atoms with Gasteiger partial charge in [0.25, 0.3) is 0 Å². The standard InChI is InChI=1S/C17H16BrClFN5O/c1-2-15(25-9-12(19)7-21-25)17(26)22-16-13(18)10-24(23-16)8-11-5-3-4-6-14(11)20/h3-7,9-10,15H,2,8H2,1H3,(H,22,23,26). The number of carbonyl (C=O) groups excluding carboxylic acids is 1. The summed E-state index contributed by atoms with van der Waals surface area (Å²) in [7, 11) is 0. The van der Waals surface area contributed by atoms with Crippen LogP contribution in [0.15, 0.2) is 47.3 Å². The molecule has 1 aromatic carbocycles. The van der Waals surface area contributed by atoms with Crippen molar-refractivity contribution in [2.24, 2.45) is 0 Å². The molecule has 6 nitrogen and oxygen atoms in total. The smallest absolute Gasteiger partial charge is 0.250 e. The molecular weight excluding hydrogens is 425 g/mol. The second kappa shape index (κ2) is 8.01. The van der Waals surface area contributed by atoms with E-state index in [1.165, 1.54) is 16.9 Å². The van der Waals surface area contributed by atoms with Crippen molar-refractivity contribution in [3.8, 4) is 0 Å². The highest BCUT2D eigenvalue weighted by molar-refractivity contribution is 9.10. The van der Waals surface area contributed by atoms with Gasteiger partial charge in [-0.25, -0.2) is 4.39 Å². The summed E-state index contributed by atoms with van der Waals surface area (Å²) in [4.78, 5) is 12.6. The van der Waals surface area contributed by atoms with Gasteiger partial charge in [0.05, 0.1) is 22.2 Å². The van der Waals surface area contributed by atoms with E-state index in [4.69, 9.17) is 11.6 Å². The molecule has 0 aliphatic heterocycles. The number of benzene rings is 1. The Bertz CT molecular complexity index is 926. The third-order valence-electron chi connectivity index (χ3n) is 3.83. The van der Waals surface area contributed by atoms with Gasteiger partial charge in [0.15, 0.2) is 5.82 Å². The van der Waals surface area contributed by atoms with Gasteiger partial charge < -0.3 is 5.32 Å². The second-order valence-corrected chi connectivity index (χ2v) is 6.96. The molecule has 2 aromatic heterocycles. The maximum Gasteiger partial charge on any atom is 0.250 e. The van der Waals surface area contributed by atoms with Gasteiger partial charge in [0.2, 0.25) is 5.91 Å². The lowest BCUT2D eigenvalue weighted by molar-refractivity contribution is -0.119. The first-order valence-electron chi connectivity index (χ1n) is 7.94. The van der Waals surface area contributed by atoms with Crippen LogP contribution in [0.5, 0.6) is 0 Å². The topological polar surface area (TPSA) is 64.7 Å². The molecule has 3 rings (SSSR count). The zero-order valence-electron chi connectivity index (χ0n) is 13.9. The van der Waals surface area contributed by atoms with Crippen molar-refractivity contribution in [3.05, 3.63) is 63.7 Å². The summed E-state index contributed by atoms with van der Waals surface area (Å²) in [5.74, 6) is -0.196. The summed E-state index contributed by atoms with van der Waals surface area (Å²) in [6, 6.07) is 5.98. The van der Waals surface area contributed by atoms with Crippen molar-refractivity contribution in [1.29, 1.82) is 0 Å². The SMILES string of the molecule is CCC(C(=O)Nc1nn(Cc2ccccc2F)cc1Br)n1cc(Cl)cn1. The molecule has 136 valence electrons. The monoisotopic (exact) mass is 439 g/mol. The van der Waals surface area contributed by atoms with E-state index in [9.17, 15) is 9.18 Å². The number of hydrogen-bond donors (Lipinski definition) is 1. The Kier molecular flexibility index (Phi) is 5.73. The number of nitrogens with zero attached hydrogens (tertiary/aromatic N) is 4. The molecule has 9 heteroatoms. The first-order chi connectivity index (χ1) is 12.5. The Morgan fingerprint density at radius 3 is 2.81 bits per heavy atom. The molecule has 1 atom stereocenters. The van der Waals surface area contributed by atoms with Gasteiger partial charge in [-0.2, -0.15) is 10.2 Å². The van der Waals surface area contributed by atoms with Crippen LogP contribution in [0.3, 0.4) is 0 Å². The highest BCUT2D eigenvalue weighted by Crippen LogP contribution is 2.23. The van der Waals surface area contributed by atoms with E-state index in [2.05, 4.69) is 31.4 Å². The van der Waals surface area contributed by atoms with Crippen molar-refractivity contribution in [3.63, 3.8) is 0 Å². The number of halogens is 3. The molecular formula is C17H16BrClFN5O. The van der Waals surface area contributed by atoms with Crippen LogP contribution in [0.25, 0.3) is 0 Å². The quantitative estimate of drug-likeness (QED) is 0.622. The van der Waals surface area contributed by atoms with Crippen molar-refractivity contribution >= 4 is 39.3 Å². The highest BCUT2D eigenvalue weighted by atomic mass is 79.9. The number of nitrogens with one attached hydrogen (secondary N) is 1. The third kappa shape index (κ3) is 4.13. The summed E-state index contributed by atoms with van der Waals surface area (Å²) in [6.45, 7) is 2.14. The van der Waals surface area contributed by atoms with Gasteiger partial charge in [-0.15, -0.1) is 0 Å². The first kappa shape index (κ1) is 18.6. The second-order valence-electron chi connectivity index (χ2n) is 5.67. The van der Waals surface area contributed by atoms with Crippen LogP contribution in [0, 0.1) is 5.82 Å². The molecule has 0 fully saturated rings. The minimum atomic E-state index is -0.508. The van der Waals surface area contributed by atoms with E-state index < -0.39 is 6.04 Å². The molecule has 26 heavy (non-hydrogen) atoms. The Balaban J connectivity index is 1.74. The van der Waals surface area contributed by atoms with Gasteiger partial charge in [-0.3, -0.25) is 14.2 Å². The predicted octanol–water partition coefficient (Wildman–Crippen LogP) is 4.27. The summed E-state index contributed by atoms with van der Waals surface area (Å²) in [5, 5.41) is 11.6. The van der Waals surface area contributed by atoms with Crippen molar-refractivity contribution in [2.45, 2.75) is 25.9 Å². The predicted molar refractivity (Wildman–Crippen MR) is 101 cm³/mol. The summed E-state index contributed by atoms with van der Waals surface area (Å²) in [6.07, 6.45) is 5.31. The van der Waals surface area contributed by atoms with Crippen LogP contribution in [0.2, 0.25) is 5.02 Å². The Morgan fingerprint density at radius 1 is 1.38 bits per heavy atom. The third-order valence-corrected chi connectivity index (χ3v) is 4.60. The zero-order valence-corrected chi connectivity index (χ0v) is 16.2. The van der Waals surface area contributed by atoms with Gasteiger partial charge in [-0.1, -0.05) is 36.7 Å². The van der Waals surface area contributed by atoms with Gasteiger partial charge >= 0.3 is 0 Å². The Morgan fingerprint density at radius 2 is 2.15 bits per heavy atom. The summed E-state index contributed by atoms with van der Waals surface area (Å²) in [5.41, 5.74) is 0.512. The summed E-state index contributed by atoms with van der Waals surface area (Å²) < 4.78 is 17.5. The molecule has 2 heterocycles. The first-order valence-corrected chi connectivity index (χ1v) is 9.12. The average Bonchev–Trinajstić information content (AvgIpc) is 3.17. The van der Waals surface area contributed by atoms with Crippen molar-refractivity contribution in [2.75, 3.05) is 5.32 Å². The minimum Gasteiger partial charge on any atom is -0.306 e. The molecule has 0 aliphatic rings. The number of carbonyl (C=O) groups is 1. The van der Waals surface area contributed by atoms with E-state index >= 15 is 0 Å². The normalized spacial score (nSPS) is 12.2. The number of rotatable bonds is 6. The van der Waals surface area contributed by atoms with E-state index in [1.807, 2.05) is 6.92 Å². The highest BCUT2D eigenvalue weighted by Gasteiger charge is 2.21. The van der Waals surface area contributed by atoms with E-state index in [-0.39, 0.29) is 18.3 Å². The molecule has 0 saturated carbocycles. The fraction of sp³-hybridized carbons (Fsp3) is 0.235. The number of hydrogen-bond acceptors (Lipinski definition) is 3. The van der Waals surface area contributed by atoms with Gasteiger partial charge in [0.1, 0.15) is 11.9 Å². The molecule has 0 saturated heterocycles. The zero-order chi connectivity index (χ0) is 18.7. The van der Waals surface area contributed by atoms with Crippen LogP contribution in [0.1, 0.15) is 24.9 Å². The molecule has 1 amide bonds. The van der Waals surface area contributed by atoms with Gasteiger partial charge in [0, 0.05) is 18.0 Å². The number of amides is 1. The fourth-order valence-corrected chi connectivity index (χ4v) is 3.10. The van der Waals surface area contributed by atoms with E-state index in [1.54, 1.807) is 35.3 Å².